The zero-order chi connectivity index (χ0) is 11.0. The Balaban J connectivity index is 2.68. The molecular weight excluding hydrogens is 196 g/mol. The number of aromatic nitrogens is 2. The van der Waals surface area contributed by atoms with Gasteiger partial charge in [-0.25, -0.2) is 4.98 Å². The number of rotatable bonds is 2. The molecule has 0 fully saturated rings. The van der Waals surface area contributed by atoms with E-state index in [0.29, 0.717) is 11.5 Å². The first kappa shape index (κ1) is 9.45. The predicted octanol–water partition coefficient (Wildman–Crippen LogP) is 1.52. The van der Waals surface area contributed by atoms with Crippen LogP contribution in [0.4, 0.5) is 11.6 Å². The van der Waals surface area contributed by atoms with Gasteiger partial charge in [0, 0.05) is 26.2 Å². The molecule has 6 heteroatoms. The molecule has 2 rings (SSSR count). The monoisotopic (exact) mass is 206 g/mol. The number of nitro benzene ring substituents is 1. The van der Waals surface area contributed by atoms with Crippen LogP contribution in [0.15, 0.2) is 18.2 Å². The summed E-state index contributed by atoms with van der Waals surface area (Å²) in [6.07, 6.45) is 0. The van der Waals surface area contributed by atoms with E-state index in [1.165, 1.54) is 12.1 Å². The first-order chi connectivity index (χ1) is 7.13. The summed E-state index contributed by atoms with van der Waals surface area (Å²) in [5, 5.41) is 13.5. The molecule has 6 nitrogen and oxygen atoms in total. The highest BCUT2D eigenvalue weighted by molar-refractivity contribution is 5.80. The van der Waals surface area contributed by atoms with Gasteiger partial charge in [-0.05, 0) is 6.07 Å². The minimum Gasteiger partial charge on any atom is -0.359 e. The molecule has 0 unspecified atom stereocenters. The lowest BCUT2D eigenvalue weighted by Crippen LogP contribution is -1.97. The number of fused-ring (bicyclic) bond motifs is 1. The number of anilines is 1. The number of imidazole rings is 1. The molecule has 0 bridgehead atoms. The number of aryl methyl sites for hydroxylation is 1. The van der Waals surface area contributed by atoms with Crippen LogP contribution < -0.4 is 5.32 Å². The molecule has 78 valence electrons. The Kier molecular flexibility index (Phi) is 2.03. The van der Waals surface area contributed by atoms with Gasteiger partial charge in [0.25, 0.3) is 5.69 Å². The van der Waals surface area contributed by atoms with Crippen LogP contribution in [0.2, 0.25) is 0 Å². The second-order valence-corrected chi connectivity index (χ2v) is 3.17. The number of nitro groups is 1. The summed E-state index contributed by atoms with van der Waals surface area (Å²) < 4.78 is 1.85. The second-order valence-electron chi connectivity index (χ2n) is 3.17. The number of nitrogens with one attached hydrogen (secondary N) is 1. The minimum atomic E-state index is -0.423. The van der Waals surface area contributed by atoms with Crippen molar-refractivity contribution in [2.45, 2.75) is 0 Å². The molecule has 0 atom stereocenters. The fourth-order valence-electron chi connectivity index (χ4n) is 1.53. The Morgan fingerprint density at radius 3 is 2.87 bits per heavy atom. The van der Waals surface area contributed by atoms with Crippen molar-refractivity contribution >= 4 is 22.7 Å². The summed E-state index contributed by atoms with van der Waals surface area (Å²) in [7, 11) is 3.61. The zero-order valence-corrected chi connectivity index (χ0v) is 8.39. The smallest absolute Gasteiger partial charge is 0.271 e. The van der Waals surface area contributed by atoms with Crippen molar-refractivity contribution in [2.24, 2.45) is 7.05 Å². The minimum absolute atomic E-state index is 0.0586. The average Bonchev–Trinajstić information content (AvgIpc) is 2.55. The fraction of sp³-hybridized carbons (Fsp3) is 0.222. The van der Waals surface area contributed by atoms with Crippen LogP contribution in [0.1, 0.15) is 0 Å². The van der Waals surface area contributed by atoms with Crippen molar-refractivity contribution in [3.8, 4) is 0 Å². The van der Waals surface area contributed by atoms with Crippen molar-refractivity contribution in [2.75, 3.05) is 12.4 Å². The van der Waals surface area contributed by atoms with E-state index in [2.05, 4.69) is 10.3 Å². The van der Waals surface area contributed by atoms with Gasteiger partial charge in [0.05, 0.1) is 16.0 Å². The van der Waals surface area contributed by atoms with Gasteiger partial charge in [0.15, 0.2) is 0 Å². The van der Waals surface area contributed by atoms with Crippen molar-refractivity contribution in [1.29, 1.82) is 0 Å². The van der Waals surface area contributed by atoms with E-state index in [4.69, 9.17) is 0 Å². The molecule has 2 aromatic rings. The summed E-state index contributed by atoms with van der Waals surface area (Å²) in [4.78, 5) is 14.4. The Morgan fingerprint density at radius 2 is 2.27 bits per heavy atom. The predicted molar refractivity (Wildman–Crippen MR) is 56.9 cm³/mol. The van der Waals surface area contributed by atoms with E-state index in [1.54, 1.807) is 13.1 Å². The van der Waals surface area contributed by atoms with Gasteiger partial charge in [-0.3, -0.25) is 10.1 Å². The Bertz CT molecular complexity index is 532. The number of benzene rings is 1. The molecule has 1 heterocycles. The largest absolute Gasteiger partial charge is 0.359 e. The summed E-state index contributed by atoms with van der Waals surface area (Å²) in [5.74, 6) is 0.686. The first-order valence-corrected chi connectivity index (χ1v) is 4.42. The normalized spacial score (nSPS) is 10.5. The molecule has 0 aliphatic heterocycles. The van der Waals surface area contributed by atoms with Crippen LogP contribution in [0.5, 0.6) is 0 Å². The van der Waals surface area contributed by atoms with Crippen LogP contribution in [0, 0.1) is 10.1 Å². The third kappa shape index (κ3) is 1.39. The van der Waals surface area contributed by atoms with Crippen LogP contribution in [0.3, 0.4) is 0 Å². The van der Waals surface area contributed by atoms with Crippen LogP contribution in [-0.4, -0.2) is 21.5 Å². The van der Waals surface area contributed by atoms with Crippen LogP contribution in [0.25, 0.3) is 11.0 Å². The van der Waals surface area contributed by atoms with E-state index in [1.807, 2.05) is 11.6 Å². The molecule has 0 spiro atoms. The second kappa shape index (κ2) is 3.23. The molecule has 0 saturated carbocycles. The van der Waals surface area contributed by atoms with E-state index in [-0.39, 0.29) is 5.69 Å². The van der Waals surface area contributed by atoms with Gasteiger partial charge in [-0.15, -0.1) is 0 Å². The third-order valence-corrected chi connectivity index (χ3v) is 2.30. The van der Waals surface area contributed by atoms with Gasteiger partial charge in [0.1, 0.15) is 0 Å². The molecule has 0 radical (unpaired) electrons. The molecular formula is C9H10N4O2. The van der Waals surface area contributed by atoms with Gasteiger partial charge < -0.3 is 9.88 Å². The quantitative estimate of drug-likeness (QED) is 0.597. The highest BCUT2D eigenvalue weighted by Gasteiger charge is 2.11. The lowest BCUT2D eigenvalue weighted by Gasteiger charge is -1.98. The Morgan fingerprint density at radius 1 is 1.53 bits per heavy atom. The van der Waals surface area contributed by atoms with Crippen LogP contribution in [-0.2, 0) is 7.05 Å². The van der Waals surface area contributed by atoms with Crippen molar-refractivity contribution in [3.63, 3.8) is 0 Å². The van der Waals surface area contributed by atoms with E-state index in [9.17, 15) is 10.1 Å². The van der Waals surface area contributed by atoms with Crippen LogP contribution >= 0.6 is 0 Å². The van der Waals surface area contributed by atoms with E-state index < -0.39 is 4.92 Å². The van der Waals surface area contributed by atoms with E-state index >= 15 is 0 Å². The maximum Gasteiger partial charge on any atom is 0.271 e. The molecule has 0 amide bonds. The Hall–Kier alpha value is -2.11. The first-order valence-electron chi connectivity index (χ1n) is 4.42. The van der Waals surface area contributed by atoms with Crippen molar-refractivity contribution in [3.05, 3.63) is 28.3 Å². The molecule has 1 aromatic heterocycles. The SMILES string of the molecule is CNc1nc2cc([N+](=O)[O-])ccc2n1C. The molecule has 15 heavy (non-hydrogen) atoms. The summed E-state index contributed by atoms with van der Waals surface area (Å²) in [6.45, 7) is 0. The maximum atomic E-state index is 10.6. The zero-order valence-electron chi connectivity index (χ0n) is 8.39. The summed E-state index contributed by atoms with van der Waals surface area (Å²) in [6, 6.07) is 4.64. The maximum absolute atomic E-state index is 10.6. The van der Waals surface area contributed by atoms with Gasteiger partial charge in [-0.1, -0.05) is 0 Å². The highest BCUT2D eigenvalue weighted by Crippen LogP contribution is 2.22. The lowest BCUT2D eigenvalue weighted by molar-refractivity contribution is -0.384. The summed E-state index contributed by atoms with van der Waals surface area (Å²) in [5.41, 5.74) is 1.55. The topological polar surface area (TPSA) is 73.0 Å². The number of non-ortho nitro benzene ring substituents is 1. The van der Waals surface area contributed by atoms with Gasteiger partial charge >= 0.3 is 0 Å². The molecule has 0 aliphatic carbocycles. The number of hydrogen-bond donors (Lipinski definition) is 1. The highest BCUT2D eigenvalue weighted by atomic mass is 16.6. The number of nitrogens with zero attached hydrogens (tertiary/aromatic N) is 3. The molecule has 0 saturated heterocycles. The Labute approximate surface area is 85.7 Å². The number of hydrogen-bond acceptors (Lipinski definition) is 4. The molecule has 1 N–H and O–H groups in total. The molecule has 1 aromatic carbocycles. The van der Waals surface area contributed by atoms with Gasteiger partial charge in [0.2, 0.25) is 5.95 Å². The van der Waals surface area contributed by atoms with Crippen molar-refractivity contribution in [1.82, 2.24) is 9.55 Å². The third-order valence-electron chi connectivity index (χ3n) is 2.30. The lowest BCUT2D eigenvalue weighted by atomic mass is 10.3. The van der Waals surface area contributed by atoms with Crippen molar-refractivity contribution < 1.29 is 4.92 Å². The average molecular weight is 206 g/mol. The molecule has 0 aliphatic rings. The standard InChI is InChI=1S/C9H10N4O2/c1-10-9-11-7-5-6(13(14)15)3-4-8(7)12(9)2/h3-5H,1-2H3,(H,10,11). The fourth-order valence-corrected chi connectivity index (χ4v) is 1.53. The summed E-state index contributed by atoms with van der Waals surface area (Å²) >= 11 is 0. The van der Waals surface area contributed by atoms with Gasteiger partial charge in [-0.2, -0.15) is 0 Å². The van der Waals surface area contributed by atoms with E-state index in [0.717, 1.165) is 5.52 Å².